The van der Waals surface area contributed by atoms with Crippen molar-refractivity contribution in [1.29, 1.82) is 0 Å². The first kappa shape index (κ1) is 19.9. The number of ether oxygens (including phenoxy) is 1. The summed E-state index contributed by atoms with van der Waals surface area (Å²) in [6.45, 7) is 6.01. The van der Waals surface area contributed by atoms with Crippen molar-refractivity contribution in [1.82, 2.24) is 20.3 Å². The number of fused-ring (bicyclic) bond motifs is 1. The normalized spacial score (nSPS) is 14.4. The average Bonchev–Trinajstić information content (AvgIpc) is 3.24. The molecule has 0 atom stereocenters. The first-order valence-corrected chi connectivity index (χ1v) is 9.67. The van der Waals surface area contributed by atoms with E-state index in [0.29, 0.717) is 23.6 Å². The van der Waals surface area contributed by atoms with Gasteiger partial charge in [-0.05, 0) is 45.7 Å². The van der Waals surface area contributed by atoms with Crippen molar-refractivity contribution in [2.24, 2.45) is 0 Å². The summed E-state index contributed by atoms with van der Waals surface area (Å²) in [5, 5.41) is 0.875. The molecule has 1 aliphatic rings. The van der Waals surface area contributed by atoms with Gasteiger partial charge in [0.15, 0.2) is 0 Å². The Balaban J connectivity index is 2.05. The van der Waals surface area contributed by atoms with Crippen molar-refractivity contribution >= 4 is 28.8 Å². The second-order valence-corrected chi connectivity index (χ2v) is 8.10. The third kappa shape index (κ3) is 4.45. The van der Waals surface area contributed by atoms with E-state index in [0.717, 1.165) is 12.8 Å². The second-order valence-electron chi connectivity index (χ2n) is 8.10. The number of hydrazine groups is 1. The number of amides is 3. The average molecular weight is 415 g/mol. The quantitative estimate of drug-likeness (QED) is 0.731. The van der Waals surface area contributed by atoms with Gasteiger partial charge in [0.05, 0.1) is 0 Å². The Morgan fingerprint density at radius 3 is 2.50 bits per heavy atom. The van der Waals surface area contributed by atoms with Gasteiger partial charge in [-0.2, -0.15) is 0 Å². The molecule has 0 bridgehead atoms. The molecule has 1 fully saturated rings. The van der Waals surface area contributed by atoms with Crippen LogP contribution in [0.5, 0.6) is 0 Å². The lowest BCUT2D eigenvalue weighted by molar-refractivity contribution is 0.0333. The van der Waals surface area contributed by atoms with Gasteiger partial charge in [-0.15, -0.1) is 0 Å². The molecule has 3 rings (SSSR count). The number of benzene rings is 1. The number of aromatic amines is 1. The van der Waals surface area contributed by atoms with Crippen molar-refractivity contribution in [2.45, 2.75) is 39.2 Å². The monoisotopic (exact) mass is 415 g/mol. The topological polar surface area (TPSA) is 112 Å². The molecule has 1 saturated heterocycles. The maximum atomic E-state index is 13.2. The molecular formula is C21H26N4O5. The van der Waals surface area contributed by atoms with Crippen molar-refractivity contribution in [3.05, 3.63) is 45.7 Å². The van der Waals surface area contributed by atoms with Crippen LogP contribution in [0.3, 0.4) is 0 Å². The number of aromatic nitrogens is 1. The Hall–Kier alpha value is -3.36. The SMILES string of the molecule is [2H]CN(NC(=O)OC(C)(C)C)C(=O)c1c(C(=O)N2CCCC2)[nH]c2ccccc2c1=O. The van der Waals surface area contributed by atoms with Crippen LogP contribution in [0, 0.1) is 0 Å². The number of H-pyrrole nitrogens is 1. The van der Waals surface area contributed by atoms with Gasteiger partial charge in [0.2, 0.25) is 5.43 Å². The summed E-state index contributed by atoms with van der Waals surface area (Å²) in [5.74, 6) is -1.43. The van der Waals surface area contributed by atoms with Crippen molar-refractivity contribution < 1.29 is 20.5 Å². The predicted molar refractivity (Wildman–Crippen MR) is 111 cm³/mol. The highest BCUT2D eigenvalue weighted by atomic mass is 16.6. The third-order valence-electron chi connectivity index (χ3n) is 4.60. The van der Waals surface area contributed by atoms with Gasteiger partial charge in [-0.25, -0.2) is 10.2 Å². The van der Waals surface area contributed by atoms with Gasteiger partial charge in [0.25, 0.3) is 11.8 Å². The number of likely N-dealkylation sites (tertiary alicyclic amines) is 1. The van der Waals surface area contributed by atoms with Crippen LogP contribution in [0.2, 0.25) is 0 Å². The van der Waals surface area contributed by atoms with Crippen LogP contribution in [0.4, 0.5) is 4.79 Å². The van der Waals surface area contributed by atoms with Crippen LogP contribution in [0.15, 0.2) is 29.1 Å². The van der Waals surface area contributed by atoms with Gasteiger partial charge in [-0.3, -0.25) is 19.4 Å². The summed E-state index contributed by atoms with van der Waals surface area (Å²) >= 11 is 0. The molecule has 2 aromatic rings. The Morgan fingerprint density at radius 2 is 1.87 bits per heavy atom. The first-order valence-electron chi connectivity index (χ1n) is 10.4. The Morgan fingerprint density at radius 1 is 1.20 bits per heavy atom. The minimum atomic E-state index is -0.963. The van der Waals surface area contributed by atoms with E-state index in [2.05, 4.69) is 10.4 Å². The third-order valence-corrected chi connectivity index (χ3v) is 4.60. The lowest BCUT2D eigenvalue weighted by Gasteiger charge is -2.24. The molecule has 160 valence electrons. The number of hydrogen-bond donors (Lipinski definition) is 2. The van der Waals surface area contributed by atoms with Gasteiger partial charge in [0, 0.05) is 32.4 Å². The van der Waals surface area contributed by atoms with E-state index in [1.54, 1.807) is 49.9 Å². The molecule has 2 heterocycles. The number of carbonyl (C=O) groups is 3. The fraction of sp³-hybridized carbons (Fsp3) is 0.429. The molecule has 9 heteroatoms. The second kappa shape index (κ2) is 8.17. The maximum absolute atomic E-state index is 13.2. The molecule has 30 heavy (non-hydrogen) atoms. The van der Waals surface area contributed by atoms with E-state index in [-0.39, 0.29) is 11.1 Å². The zero-order valence-electron chi connectivity index (χ0n) is 18.3. The number of carbonyl (C=O) groups excluding carboxylic acids is 3. The highest BCUT2D eigenvalue weighted by Crippen LogP contribution is 2.18. The molecule has 1 aromatic carbocycles. The zero-order chi connectivity index (χ0) is 22.8. The molecule has 1 aliphatic heterocycles. The van der Waals surface area contributed by atoms with E-state index in [9.17, 15) is 19.2 Å². The van der Waals surface area contributed by atoms with E-state index in [1.807, 2.05) is 0 Å². The summed E-state index contributed by atoms with van der Waals surface area (Å²) in [7, 11) is -0.679. The summed E-state index contributed by atoms with van der Waals surface area (Å²) in [6.07, 6.45) is 0.732. The van der Waals surface area contributed by atoms with Gasteiger partial charge in [0.1, 0.15) is 16.9 Å². The molecular weight excluding hydrogens is 388 g/mol. The van der Waals surface area contributed by atoms with Crippen LogP contribution in [0.1, 0.15) is 55.8 Å². The highest BCUT2D eigenvalue weighted by molar-refractivity contribution is 6.08. The van der Waals surface area contributed by atoms with Crippen LogP contribution in [-0.2, 0) is 4.74 Å². The van der Waals surface area contributed by atoms with Crippen LogP contribution < -0.4 is 10.9 Å². The molecule has 0 spiro atoms. The van der Waals surface area contributed by atoms with E-state index < -0.39 is 41.5 Å². The lowest BCUT2D eigenvalue weighted by atomic mass is 10.1. The molecule has 2 N–H and O–H groups in total. The number of nitrogens with zero attached hydrogens (tertiary/aromatic N) is 2. The minimum absolute atomic E-state index is 0.153. The molecule has 9 nitrogen and oxygen atoms in total. The fourth-order valence-electron chi connectivity index (χ4n) is 3.28. The largest absolute Gasteiger partial charge is 0.443 e. The number of rotatable bonds is 2. The van der Waals surface area contributed by atoms with Gasteiger partial charge < -0.3 is 14.6 Å². The van der Waals surface area contributed by atoms with E-state index in [1.165, 1.54) is 0 Å². The van der Waals surface area contributed by atoms with Crippen LogP contribution >= 0.6 is 0 Å². The van der Waals surface area contributed by atoms with Crippen LogP contribution in [0.25, 0.3) is 10.9 Å². The molecule has 1 aromatic heterocycles. The fourth-order valence-corrected chi connectivity index (χ4v) is 3.28. The van der Waals surface area contributed by atoms with Crippen LogP contribution in [-0.4, -0.2) is 58.5 Å². The lowest BCUT2D eigenvalue weighted by Crippen LogP contribution is -2.47. The molecule has 0 aliphatic carbocycles. The summed E-state index contributed by atoms with van der Waals surface area (Å²) < 4.78 is 12.8. The van der Waals surface area contributed by atoms with Crippen molar-refractivity contribution in [2.75, 3.05) is 20.1 Å². The standard InChI is InChI=1S/C21H26N4O5/c1-21(2,3)30-20(29)23-24(4)18(27)15-16(19(28)25-11-7-8-12-25)22-14-10-6-5-9-13(14)17(15)26/h5-6,9-10H,7-8,11-12H2,1-4H3,(H,22,26)(H,23,29)/i4D. The zero-order valence-corrected chi connectivity index (χ0v) is 17.3. The number of pyridine rings is 1. The smallest absolute Gasteiger partial charge is 0.426 e. The molecule has 0 radical (unpaired) electrons. The van der Waals surface area contributed by atoms with Crippen molar-refractivity contribution in [3.8, 4) is 0 Å². The molecule has 3 amide bonds. The number of nitrogens with one attached hydrogen (secondary N) is 2. The Labute approximate surface area is 175 Å². The van der Waals surface area contributed by atoms with Gasteiger partial charge in [-0.1, -0.05) is 12.1 Å². The van der Waals surface area contributed by atoms with Crippen molar-refractivity contribution in [3.63, 3.8) is 0 Å². The first-order chi connectivity index (χ1) is 14.6. The van der Waals surface area contributed by atoms with Gasteiger partial charge >= 0.3 is 6.09 Å². The number of hydrogen-bond acceptors (Lipinski definition) is 5. The Kier molecular flexibility index (Phi) is 5.43. The predicted octanol–water partition coefficient (Wildman–Crippen LogP) is 2.28. The molecule has 0 unspecified atom stereocenters. The molecule has 0 saturated carbocycles. The van der Waals surface area contributed by atoms with E-state index >= 15 is 0 Å². The minimum Gasteiger partial charge on any atom is -0.443 e. The summed E-state index contributed by atoms with van der Waals surface area (Å²) in [4.78, 5) is 56.2. The summed E-state index contributed by atoms with van der Waals surface area (Å²) in [5.41, 5.74) is 0.572. The van der Waals surface area contributed by atoms with E-state index in [4.69, 9.17) is 6.11 Å². The summed E-state index contributed by atoms with van der Waals surface area (Å²) in [6, 6.07) is 6.55. The highest BCUT2D eigenvalue weighted by Gasteiger charge is 2.30. The maximum Gasteiger partial charge on any atom is 0.426 e. The Bertz CT molecular complexity index is 1070. The number of para-hydroxylation sites is 1.